The number of fused-ring (bicyclic) bond motifs is 1. The number of allylic oxidation sites excluding steroid dienone is 2. The topological polar surface area (TPSA) is 69.0 Å². The number of nitrogens with one attached hydrogen (secondary N) is 1. The largest absolute Gasteiger partial charge is 0.494 e. The number of hydrogen-bond acceptors (Lipinski definition) is 5. The molecule has 6 nitrogen and oxygen atoms in total. The van der Waals surface area contributed by atoms with Gasteiger partial charge in [0.05, 0.1) is 6.61 Å². The lowest BCUT2D eigenvalue weighted by Crippen LogP contribution is -2.31. The molecule has 1 N–H and O–H groups in total. The summed E-state index contributed by atoms with van der Waals surface area (Å²) in [6.07, 6.45) is 2.31. The Morgan fingerprint density at radius 3 is 3.00 bits per heavy atom. The number of nitrogens with zero attached hydrogens (tertiary/aromatic N) is 3. The van der Waals surface area contributed by atoms with Gasteiger partial charge in [-0.2, -0.15) is 10.1 Å². The number of hydrogen-bond donors (Lipinski definition) is 1. The summed E-state index contributed by atoms with van der Waals surface area (Å²) in [7, 11) is 0. The first-order chi connectivity index (χ1) is 11.7. The van der Waals surface area contributed by atoms with Crippen LogP contribution in [0.2, 0.25) is 0 Å². The summed E-state index contributed by atoms with van der Waals surface area (Å²) in [5, 5.41) is 7.85. The van der Waals surface area contributed by atoms with Gasteiger partial charge in [0, 0.05) is 23.3 Å². The SMILES string of the molecule is CCOc1ccccc1C1C2=C(CCCC2=O)Nc2nc(C)nn21. The van der Waals surface area contributed by atoms with E-state index in [0.717, 1.165) is 35.4 Å². The summed E-state index contributed by atoms with van der Waals surface area (Å²) >= 11 is 0. The zero-order valence-electron chi connectivity index (χ0n) is 13.9. The lowest BCUT2D eigenvalue weighted by molar-refractivity contribution is -0.116. The minimum Gasteiger partial charge on any atom is -0.494 e. The Morgan fingerprint density at radius 1 is 1.33 bits per heavy atom. The summed E-state index contributed by atoms with van der Waals surface area (Å²) in [5.41, 5.74) is 2.73. The van der Waals surface area contributed by atoms with E-state index in [4.69, 9.17) is 4.74 Å². The third-order valence-electron chi connectivity index (χ3n) is 4.49. The Kier molecular flexibility index (Phi) is 3.59. The standard InChI is InChI=1S/C18H20N4O2/c1-3-24-15-10-5-4-7-12(15)17-16-13(8-6-9-14(16)23)20-18-19-11(2)21-22(17)18/h4-5,7,10,17H,3,6,8-9H2,1-2H3,(H,19,20,21). The lowest BCUT2D eigenvalue weighted by Gasteiger charge is -2.32. The van der Waals surface area contributed by atoms with Gasteiger partial charge >= 0.3 is 0 Å². The van der Waals surface area contributed by atoms with E-state index in [-0.39, 0.29) is 11.8 Å². The van der Waals surface area contributed by atoms with Crippen LogP contribution in [-0.2, 0) is 4.79 Å². The van der Waals surface area contributed by atoms with Crippen LogP contribution in [0.1, 0.15) is 43.6 Å². The zero-order chi connectivity index (χ0) is 16.7. The molecule has 0 fully saturated rings. The second kappa shape index (κ2) is 5.78. The molecule has 2 aliphatic rings. The van der Waals surface area contributed by atoms with Gasteiger partial charge in [0.15, 0.2) is 5.78 Å². The van der Waals surface area contributed by atoms with Gasteiger partial charge in [0.2, 0.25) is 5.95 Å². The van der Waals surface area contributed by atoms with E-state index in [9.17, 15) is 4.79 Å². The van der Waals surface area contributed by atoms with Gasteiger partial charge in [-0.15, -0.1) is 0 Å². The zero-order valence-corrected chi connectivity index (χ0v) is 13.9. The molecule has 6 heteroatoms. The summed E-state index contributed by atoms with van der Waals surface area (Å²) in [4.78, 5) is 17.2. The number of carbonyl (C=O) groups is 1. The van der Waals surface area contributed by atoms with Gasteiger partial charge in [0.1, 0.15) is 17.6 Å². The number of carbonyl (C=O) groups excluding carboxylic acids is 1. The fourth-order valence-electron chi connectivity index (χ4n) is 3.54. The van der Waals surface area contributed by atoms with Crippen LogP contribution in [0.4, 0.5) is 5.95 Å². The molecule has 0 bridgehead atoms. The molecular weight excluding hydrogens is 304 g/mol. The molecule has 1 aliphatic carbocycles. The molecule has 0 saturated carbocycles. The Hall–Kier alpha value is -2.63. The maximum Gasteiger partial charge on any atom is 0.226 e. The molecule has 1 aliphatic heterocycles. The number of anilines is 1. The minimum absolute atomic E-state index is 0.179. The number of ether oxygens (including phenoxy) is 1. The van der Waals surface area contributed by atoms with Crippen LogP contribution in [0.25, 0.3) is 0 Å². The normalized spacial score (nSPS) is 19.6. The van der Waals surface area contributed by atoms with Gasteiger partial charge in [-0.25, -0.2) is 4.68 Å². The van der Waals surface area contributed by atoms with E-state index in [1.807, 2.05) is 42.8 Å². The average Bonchev–Trinajstić information content (AvgIpc) is 2.94. The maximum atomic E-state index is 12.7. The molecule has 0 amide bonds. The summed E-state index contributed by atoms with van der Waals surface area (Å²) < 4.78 is 7.63. The Bertz CT molecular complexity index is 837. The van der Waals surface area contributed by atoms with Crippen molar-refractivity contribution in [3.8, 4) is 5.75 Å². The van der Waals surface area contributed by atoms with Crippen molar-refractivity contribution in [2.75, 3.05) is 11.9 Å². The van der Waals surface area contributed by atoms with Gasteiger partial charge in [-0.05, 0) is 32.8 Å². The highest BCUT2D eigenvalue weighted by Crippen LogP contribution is 2.42. The van der Waals surface area contributed by atoms with E-state index in [0.29, 0.717) is 24.8 Å². The Labute approximate surface area is 140 Å². The smallest absolute Gasteiger partial charge is 0.226 e. The molecule has 1 atom stereocenters. The van der Waals surface area contributed by atoms with Crippen LogP contribution < -0.4 is 10.1 Å². The van der Waals surface area contributed by atoms with E-state index in [1.165, 1.54) is 0 Å². The van der Waals surface area contributed by atoms with Crippen molar-refractivity contribution in [2.24, 2.45) is 0 Å². The van der Waals surface area contributed by atoms with Crippen molar-refractivity contribution in [3.05, 3.63) is 46.9 Å². The van der Waals surface area contributed by atoms with Crippen molar-refractivity contribution in [2.45, 2.75) is 39.2 Å². The van der Waals surface area contributed by atoms with E-state index < -0.39 is 0 Å². The van der Waals surface area contributed by atoms with E-state index >= 15 is 0 Å². The van der Waals surface area contributed by atoms with Crippen LogP contribution in [-0.4, -0.2) is 27.2 Å². The average molecular weight is 324 g/mol. The minimum atomic E-state index is -0.284. The fraction of sp³-hybridized carbons (Fsp3) is 0.389. The van der Waals surface area contributed by atoms with Gasteiger partial charge in [-0.3, -0.25) is 4.79 Å². The predicted molar refractivity (Wildman–Crippen MR) is 90.0 cm³/mol. The highest BCUT2D eigenvalue weighted by atomic mass is 16.5. The van der Waals surface area contributed by atoms with Crippen molar-refractivity contribution < 1.29 is 9.53 Å². The summed E-state index contributed by atoms with van der Waals surface area (Å²) in [6.45, 7) is 4.39. The van der Waals surface area contributed by atoms with Gasteiger partial charge in [0.25, 0.3) is 0 Å². The third kappa shape index (κ3) is 2.29. The van der Waals surface area contributed by atoms with Crippen LogP contribution in [0, 0.1) is 6.92 Å². The Balaban J connectivity index is 1.93. The van der Waals surface area contributed by atoms with Crippen LogP contribution in [0.5, 0.6) is 5.75 Å². The molecule has 0 radical (unpaired) electrons. The molecule has 0 saturated heterocycles. The molecule has 4 rings (SSSR count). The van der Waals surface area contributed by atoms with Crippen molar-refractivity contribution in [1.82, 2.24) is 14.8 Å². The molecule has 2 aromatic rings. The molecule has 24 heavy (non-hydrogen) atoms. The molecule has 0 spiro atoms. The monoisotopic (exact) mass is 324 g/mol. The van der Waals surface area contributed by atoms with Crippen molar-refractivity contribution >= 4 is 11.7 Å². The number of Topliss-reactive ketones (excluding diaryl/α,β-unsaturated/α-hetero) is 1. The summed E-state index contributed by atoms with van der Waals surface area (Å²) in [6, 6.07) is 7.58. The molecular formula is C18H20N4O2. The van der Waals surface area contributed by atoms with E-state index in [1.54, 1.807) is 0 Å². The van der Waals surface area contributed by atoms with Gasteiger partial charge < -0.3 is 10.1 Å². The number of rotatable bonds is 3. The first-order valence-corrected chi connectivity index (χ1v) is 8.37. The number of para-hydroxylation sites is 1. The second-order valence-corrected chi connectivity index (χ2v) is 6.09. The lowest BCUT2D eigenvalue weighted by atomic mass is 9.85. The number of ketones is 1. The number of benzene rings is 1. The number of aromatic nitrogens is 3. The highest BCUT2D eigenvalue weighted by Gasteiger charge is 2.37. The first kappa shape index (κ1) is 14.9. The van der Waals surface area contributed by atoms with Gasteiger partial charge in [-0.1, -0.05) is 18.2 Å². The highest BCUT2D eigenvalue weighted by molar-refractivity contribution is 5.99. The van der Waals surface area contributed by atoms with Crippen molar-refractivity contribution in [1.29, 1.82) is 0 Å². The molecule has 124 valence electrons. The molecule has 1 aromatic carbocycles. The Morgan fingerprint density at radius 2 is 2.17 bits per heavy atom. The second-order valence-electron chi connectivity index (χ2n) is 6.09. The first-order valence-electron chi connectivity index (χ1n) is 8.37. The van der Waals surface area contributed by atoms with Crippen LogP contribution in [0.3, 0.4) is 0 Å². The molecule has 1 aromatic heterocycles. The quantitative estimate of drug-likeness (QED) is 0.940. The van der Waals surface area contributed by atoms with Crippen LogP contribution >= 0.6 is 0 Å². The molecule has 2 heterocycles. The fourth-order valence-corrected chi connectivity index (χ4v) is 3.54. The van der Waals surface area contributed by atoms with Crippen molar-refractivity contribution in [3.63, 3.8) is 0 Å². The third-order valence-corrected chi connectivity index (χ3v) is 4.49. The predicted octanol–water partition coefficient (Wildman–Crippen LogP) is 3.01. The number of aryl methyl sites for hydroxylation is 1. The van der Waals surface area contributed by atoms with E-state index in [2.05, 4.69) is 15.4 Å². The maximum absolute atomic E-state index is 12.7. The summed E-state index contributed by atoms with van der Waals surface area (Å²) in [5.74, 6) is 2.34. The van der Waals surface area contributed by atoms with Crippen LogP contribution in [0.15, 0.2) is 35.5 Å². The molecule has 1 unspecified atom stereocenters.